The van der Waals surface area contributed by atoms with Gasteiger partial charge in [0.15, 0.2) is 14.0 Å². The molecule has 0 bridgehead atoms. The number of nitrogens with zero attached hydrogens (tertiary/aromatic N) is 1. The lowest BCUT2D eigenvalue weighted by Crippen LogP contribution is -2.47. The van der Waals surface area contributed by atoms with Crippen molar-refractivity contribution < 1.29 is 23.4 Å². The lowest BCUT2D eigenvalue weighted by molar-refractivity contribution is -0.130. The standard InChI is InChI=1S/C39H50N2O7SSi/c1-27-24-41(36(43)40-35(27)42)38(26-49-7)23-33(48-50(8,9)37(2,3)4)34(47-38)25-46-39(28-13-11-10-12-14-28,29-15-19-31(44-5)20-16-29)30-17-21-32(45-6)22-18-30/h10-22,24,33-34H,23,25-26H2,1-9H3,(H,40,42,43)/t33?,34-,38+/m1/s1. The molecular weight excluding hydrogens is 669 g/mol. The number of ether oxygens (including phenoxy) is 4. The van der Waals surface area contributed by atoms with E-state index in [0.29, 0.717) is 17.7 Å². The fourth-order valence-electron chi connectivity index (χ4n) is 6.36. The highest BCUT2D eigenvalue weighted by atomic mass is 32.2. The van der Waals surface area contributed by atoms with Gasteiger partial charge in [0.2, 0.25) is 0 Å². The van der Waals surface area contributed by atoms with Gasteiger partial charge >= 0.3 is 5.69 Å². The fraction of sp³-hybridized carbons (Fsp3) is 0.436. The number of H-pyrrole nitrogens is 1. The minimum atomic E-state index is -2.33. The summed E-state index contributed by atoms with van der Waals surface area (Å²) in [6, 6.07) is 26.0. The lowest BCUT2D eigenvalue weighted by Gasteiger charge is -2.40. The van der Waals surface area contributed by atoms with Crippen molar-refractivity contribution in [2.75, 3.05) is 32.8 Å². The third-order valence-electron chi connectivity index (χ3n) is 10.1. The Morgan fingerprint density at radius 1 is 0.900 bits per heavy atom. The van der Waals surface area contributed by atoms with Gasteiger partial charge in [-0.25, -0.2) is 4.79 Å². The number of aryl methyl sites for hydroxylation is 1. The van der Waals surface area contributed by atoms with Crippen molar-refractivity contribution in [3.8, 4) is 11.5 Å². The summed E-state index contributed by atoms with van der Waals surface area (Å²) in [5.41, 5.74) is 0.0786. The predicted octanol–water partition coefficient (Wildman–Crippen LogP) is 7.07. The van der Waals surface area contributed by atoms with Crippen LogP contribution in [0.2, 0.25) is 18.1 Å². The van der Waals surface area contributed by atoms with E-state index < -0.39 is 43.1 Å². The van der Waals surface area contributed by atoms with E-state index in [1.54, 1.807) is 43.7 Å². The smallest absolute Gasteiger partial charge is 0.330 e. The van der Waals surface area contributed by atoms with Crippen molar-refractivity contribution in [3.05, 3.63) is 128 Å². The summed E-state index contributed by atoms with van der Waals surface area (Å²) in [4.78, 5) is 28.3. The minimum absolute atomic E-state index is 0.0748. The second-order valence-corrected chi connectivity index (χ2v) is 20.0. The Morgan fingerprint density at radius 2 is 1.44 bits per heavy atom. The SMILES string of the molecule is COc1ccc(C(OC[C@H]2O[C@@](CSC)(n3cc(C)c(=O)[nH]c3=O)CC2O[Si](C)(C)C(C)(C)C)(c2ccccc2)c2ccc(OC)cc2)cc1. The van der Waals surface area contributed by atoms with E-state index in [4.69, 9.17) is 23.4 Å². The van der Waals surface area contributed by atoms with Crippen LogP contribution in [0.15, 0.2) is 94.6 Å². The summed E-state index contributed by atoms with van der Waals surface area (Å²) < 4.78 is 34.1. The number of aromatic nitrogens is 2. The fourth-order valence-corrected chi connectivity index (χ4v) is 8.48. The van der Waals surface area contributed by atoms with Crippen molar-refractivity contribution in [1.82, 2.24) is 9.55 Å². The van der Waals surface area contributed by atoms with Crippen molar-refractivity contribution >= 4 is 20.1 Å². The number of thioether (sulfide) groups is 1. The topological polar surface area (TPSA) is 101 Å². The first kappa shape index (κ1) is 37.6. The van der Waals surface area contributed by atoms with E-state index in [0.717, 1.165) is 28.2 Å². The number of benzene rings is 3. The van der Waals surface area contributed by atoms with Crippen LogP contribution in [0.4, 0.5) is 0 Å². The summed E-state index contributed by atoms with van der Waals surface area (Å²) in [5, 5.41) is -0.0748. The Morgan fingerprint density at radius 3 is 1.94 bits per heavy atom. The first-order valence-electron chi connectivity index (χ1n) is 16.9. The molecule has 9 nitrogen and oxygen atoms in total. The number of nitrogens with one attached hydrogen (secondary N) is 1. The van der Waals surface area contributed by atoms with Crippen LogP contribution < -0.4 is 20.7 Å². The van der Waals surface area contributed by atoms with Crippen LogP contribution in [0.3, 0.4) is 0 Å². The minimum Gasteiger partial charge on any atom is -0.497 e. The van der Waals surface area contributed by atoms with Crippen LogP contribution in [0.5, 0.6) is 11.5 Å². The molecule has 0 radical (unpaired) electrons. The van der Waals surface area contributed by atoms with Crippen molar-refractivity contribution in [3.63, 3.8) is 0 Å². The van der Waals surface area contributed by atoms with E-state index >= 15 is 0 Å². The van der Waals surface area contributed by atoms with Crippen LogP contribution in [0.25, 0.3) is 0 Å². The first-order valence-corrected chi connectivity index (χ1v) is 21.2. The molecule has 268 valence electrons. The predicted molar refractivity (Wildman–Crippen MR) is 202 cm³/mol. The average Bonchev–Trinajstić information content (AvgIpc) is 3.43. The van der Waals surface area contributed by atoms with Crippen LogP contribution >= 0.6 is 11.8 Å². The molecular formula is C39H50N2O7SSi. The average molecular weight is 719 g/mol. The van der Waals surface area contributed by atoms with E-state index in [9.17, 15) is 9.59 Å². The second-order valence-electron chi connectivity index (χ2n) is 14.4. The van der Waals surface area contributed by atoms with E-state index in [1.807, 2.05) is 73.0 Å². The summed E-state index contributed by atoms with van der Waals surface area (Å²) in [6.45, 7) is 12.9. The number of hydrogen-bond acceptors (Lipinski definition) is 8. The van der Waals surface area contributed by atoms with Gasteiger partial charge in [0, 0.05) is 23.9 Å². The van der Waals surface area contributed by atoms with Crippen molar-refractivity contribution in [2.24, 2.45) is 0 Å². The third-order valence-corrected chi connectivity index (χ3v) is 15.4. The Hall–Kier alpha value is -3.61. The van der Waals surface area contributed by atoms with Crippen LogP contribution in [-0.4, -0.2) is 62.9 Å². The van der Waals surface area contributed by atoms with Gasteiger partial charge in [-0.15, -0.1) is 0 Å². The molecule has 1 aromatic heterocycles. The van der Waals surface area contributed by atoms with Gasteiger partial charge in [0.1, 0.15) is 23.2 Å². The maximum Gasteiger partial charge on any atom is 0.330 e. The number of methoxy groups -OCH3 is 2. The Kier molecular flexibility index (Phi) is 11.2. The number of hydrogen-bond donors (Lipinski definition) is 1. The normalized spacial score (nSPS) is 19.8. The van der Waals surface area contributed by atoms with E-state index in [1.165, 1.54) is 0 Å². The third kappa shape index (κ3) is 7.38. The lowest BCUT2D eigenvalue weighted by atomic mass is 9.80. The molecule has 1 saturated heterocycles. The highest BCUT2D eigenvalue weighted by Crippen LogP contribution is 2.46. The van der Waals surface area contributed by atoms with Gasteiger partial charge < -0.3 is 23.4 Å². The summed E-state index contributed by atoms with van der Waals surface area (Å²) >= 11 is 1.57. The molecule has 5 rings (SSSR count). The van der Waals surface area contributed by atoms with Gasteiger partial charge in [-0.3, -0.25) is 14.3 Å². The van der Waals surface area contributed by atoms with Gasteiger partial charge in [-0.1, -0.05) is 75.4 Å². The van der Waals surface area contributed by atoms with E-state index in [-0.39, 0.29) is 11.6 Å². The Bertz CT molecular complexity index is 1810. The molecule has 3 aromatic carbocycles. The summed E-state index contributed by atoms with van der Waals surface area (Å²) in [5.74, 6) is 1.93. The van der Waals surface area contributed by atoms with Crippen LogP contribution in [0.1, 0.15) is 49.4 Å². The Labute approximate surface area is 300 Å². The quantitative estimate of drug-likeness (QED) is 0.116. The van der Waals surface area contributed by atoms with Crippen molar-refractivity contribution in [1.29, 1.82) is 0 Å². The van der Waals surface area contributed by atoms with Gasteiger partial charge in [0.05, 0.1) is 26.9 Å². The molecule has 0 aliphatic carbocycles. The molecule has 2 heterocycles. The molecule has 0 spiro atoms. The maximum absolute atomic E-state index is 13.4. The molecule has 0 amide bonds. The second kappa shape index (κ2) is 14.9. The molecule has 1 unspecified atom stereocenters. The largest absolute Gasteiger partial charge is 0.497 e. The molecule has 50 heavy (non-hydrogen) atoms. The highest BCUT2D eigenvalue weighted by molar-refractivity contribution is 7.98. The molecule has 1 aliphatic heterocycles. The number of aromatic amines is 1. The first-order chi connectivity index (χ1) is 23.7. The van der Waals surface area contributed by atoms with Gasteiger partial charge in [-0.2, -0.15) is 11.8 Å². The summed E-state index contributed by atoms with van der Waals surface area (Å²) in [7, 11) is 0.962. The zero-order chi connectivity index (χ0) is 36.3. The molecule has 1 fully saturated rings. The molecule has 0 saturated carbocycles. The monoisotopic (exact) mass is 718 g/mol. The molecule has 1 aliphatic rings. The van der Waals surface area contributed by atoms with E-state index in [2.05, 4.69) is 51.0 Å². The van der Waals surface area contributed by atoms with Gasteiger partial charge in [0.25, 0.3) is 5.56 Å². The zero-order valence-electron chi connectivity index (χ0n) is 30.6. The molecule has 11 heteroatoms. The molecule has 3 atom stereocenters. The van der Waals surface area contributed by atoms with Crippen LogP contribution in [0, 0.1) is 6.92 Å². The highest BCUT2D eigenvalue weighted by Gasteiger charge is 2.53. The molecule has 1 N–H and O–H groups in total. The van der Waals surface area contributed by atoms with Crippen molar-refractivity contribution in [2.45, 2.75) is 75.8 Å². The maximum atomic E-state index is 13.4. The van der Waals surface area contributed by atoms with Gasteiger partial charge in [-0.05, 0) is 72.3 Å². The molecule has 4 aromatic rings. The summed E-state index contributed by atoms with van der Waals surface area (Å²) in [6.07, 6.45) is 3.03. The number of rotatable bonds is 13. The van der Waals surface area contributed by atoms with Crippen LogP contribution in [-0.2, 0) is 25.2 Å². The Balaban J connectivity index is 1.66. The zero-order valence-corrected chi connectivity index (χ0v) is 32.4.